The van der Waals surface area contributed by atoms with Crippen molar-refractivity contribution < 1.29 is 9.84 Å². The lowest BCUT2D eigenvalue weighted by Gasteiger charge is -2.23. The summed E-state index contributed by atoms with van der Waals surface area (Å²) >= 11 is 3.30. The molecule has 0 fully saturated rings. The van der Waals surface area contributed by atoms with Crippen LogP contribution in [0.15, 0.2) is 16.7 Å². The van der Waals surface area contributed by atoms with Crippen LogP contribution in [0.2, 0.25) is 0 Å². The average molecular weight is 290 g/mol. The van der Waals surface area contributed by atoms with E-state index in [9.17, 15) is 0 Å². The number of nitrogens with zero attached hydrogens (tertiary/aromatic N) is 2. The van der Waals surface area contributed by atoms with Crippen LogP contribution in [0.4, 0.5) is 11.5 Å². The highest BCUT2D eigenvalue weighted by atomic mass is 79.9. The van der Waals surface area contributed by atoms with Crippen LogP contribution in [0.5, 0.6) is 0 Å². The standard InChI is InChI=1S/C10H16BrN3O2/c1-16-5-3-14(2-4-15)10-9(12)6-8(11)7-13-10/h6-7,15H,2-5,12H2,1H3. The minimum atomic E-state index is 0.0564. The van der Waals surface area contributed by atoms with E-state index in [1.807, 2.05) is 4.90 Å². The minimum absolute atomic E-state index is 0.0564. The van der Waals surface area contributed by atoms with Crippen molar-refractivity contribution in [2.24, 2.45) is 0 Å². The molecule has 1 heterocycles. The SMILES string of the molecule is COCCN(CCO)c1ncc(Br)cc1N. The fourth-order valence-electron chi connectivity index (χ4n) is 1.36. The first kappa shape index (κ1) is 13.2. The van der Waals surface area contributed by atoms with Gasteiger partial charge in [-0.15, -0.1) is 0 Å². The summed E-state index contributed by atoms with van der Waals surface area (Å²) in [7, 11) is 1.63. The van der Waals surface area contributed by atoms with Gasteiger partial charge in [-0.25, -0.2) is 4.98 Å². The quantitative estimate of drug-likeness (QED) is 0.813. The van der Waals surface area contributed by atoms with Crippen molar-refractivity contribution in [2.75, 3.05) is 44.0 Å². The van der Waals surface area contributed by atoms with E-state index in [2.05, 4.69) is 20.9 Å². The Morgan fingerprint density at radius 3 is 2.88 bits per heavy atom. The summed E-state index contributed by atoms with van der Waals surface area (Å²) in [5.41, 5.74) is 6.45. The van der Waals surface area contributed by atoms with Crippen LogP contribution in [-0.4, -0.2) is 43.5 Å². The number of nitrogens with two attached hydrogens (primary N) is 1. The Labute approximate surface area is 103 Å². The van der Waals surface area contributed by atoms with Crippen LogP contribution < -0.4 is 10.6 Å². The number of aliphatic hydroxyl groups is 1. The van der Waals surface area contributed by atoms with Crippen LogP contribution in [0.1, 0.15) is 0 Å². The zero-order valence-corrected chi connectivity index (χ0v) is 10.8. The van der Waals surface area contributed by atoms with Gasteiger partial charge in [-0.2, -0.15) is 0 Å². The maximum atomic E-state index is 8.98. The van der Waals surface area contributed by atoms with Gasteiger partial charge in [-0.05, 0) is 22.0 Å². The first-order chi connectivity index (χ1) is 7.69. The van der Waals surface area contributed by atoms with E-state index in [-0.39, 0.29) is 6.61 Å². The third-order valence-corrected chi connectivity index (χ3v) is 2.53. The van der Waals surface area contributed by atoms with Gasteiger partial charge in [0.25, 0.3) is 0 Å². The maximum Gasteiger partial charge on any atom is 0.152 e. The summed E-state index contributed by atoms with van der Waals surface area (Å²) in [5.74, 6) is 0.675. The topological polar surface area (TPSA) is 71.6 Å². The number of rotatable bonds is 6. The molecule has 1 aromatic rings. The molecular formula is C10H16BrN3O2. The Morgan fingerprint density at radius 2 is 2.31 bits per heavy atom. The number of aromatic nitrogens is 1. The molecule has 0 aromatic carbocycles. The van der Waals surface area contributed by atoms with E-state index in [0.717, 1.165) is 4.47 Å². The van der Waals surface area contributed by atoms with E-state index in [1.54, 1.807) is 19.4 Å². The third kappa shape index (κ3) is 3.62. The summed E-state index contributed by atoms with van der Waals surface area (Å²) < 4.78 is 5.84. The predicted molar refractivity (Wildman–Crippen MR) is 67.5 cm³/mol. The smallest absolute Gasteiger partial charge is 0.152 e. The lowest BCUT2D eigenvalue weighted by atomic mass is 10.3. The highest BCUT2D eigenvalue weighted by Crippen LogP contribution is 2.23. The van der Waals surface area contributed by atoms with Gasteiger partial charge in [0.2, 0.25) is 0 Å². The molecule has 0 aliphatic heterocycles. The monoisotopic (exact) mass is 289 g/mol. The maximum absolute atomic E-state index is 8.98. The molecule has 6 heteroatoms. The Bertz CT molecular complexity index is 336. The highest BCUT2D eigenvalue weighted by Gasteiger charge is 2.10. The number of nitrogen functional groups attached to an aromatic ring is 1. The van der Waals surface area contributed by atoms with Crippen molar-refractivity contribution in [2.45, 2.75) is 0 Å². The summed E-state index contributed by atoms with van der Waals surface area (Å²) in [5, 5.41) is 8.98. The molecular weight excluding hydrogens is 274 g/mol. The van der Waals surface area contributed by atoms with E-state index < -0.39 is 0 Å². The zero-order chi connectivity index (χ0) is 12.0. The summed E-state index contributed by atoms with van der Waals surface area (Å²) in [6.45, 7) is 1.76. The van der Waals surface area contributed by atoms with Crippen molar-refractivity contribution in [1.82, 2.24) is 4.98 Å². The number of methoxy groups -OCH3 is 1. The van der Waals surface area contributed by atoms with Crippen molar-refractivity contribution >= 4 is 27.4 Å². The molecule has 0 saturated heterocycles. The van der Waals surface area contributed by atoms with Gasteiger partial charge in [0.15, 0.2) is 5.82 Å². The van der Waals surface area contributed by atoms with Crippen LogP contribution in [-0.2, 0) is 4.74 Å². The van der Waals surface area contributed by atoms with Gasteiger partial charge in [0.1, 0.15) is 0 Å². The van der Waals surface area contributed by atoms with E-state index in [4.69, 9.17) is 15.6 Å². The molecule has 0 saturated carbocycles. The summed E-state index contributed by atoms with van der Waals surface area (Å²) in [6.07, 6.45) is 1.68. The first-order valence-corrected chi connectivity index (χ1v) is 5.74. The molecule has 3 N–H and O–H groups in total. The molecule has 0 aliphatic rings. The molecule has 0 aliphatic carbocycles. The zero-order valence-electron chi connectivity index (χ0n) is 9.19. The fourth-order valence-corrected chi connectivity index (χ4v) is 1.71. The highest BCUT2D eigenvalue weighted by molar-refractivity contribution is 9.10. The lowest BCUT2D eigenvalue weighted by Crippen LogP contribution is -2.31. The Hall–Kier alpha value is -0.850. The second-order valence-electron chi connectivity index (χ2n) is 3.27. The third-order valence-electron chi connectivity index (χ3n) is 2.10. The predicted octanol–water partition coefficient (Wildman–Crippen LogP) is 0.871. The molecule has 0 unspecified atom stereocenters. The Kier molecular flexibility index (Phi) is 5.51. The minimum Gasteiger partial charge on any atom is -0.396 e. The number of aliphatic hydroxyl groups excluding tert-OH is 1. The average Bonchev–Trinajstić information content (AvgIpc) is 2.25. The van der Waals surface area contributed by atoms with E-state index >= 15 is 0 Å². The van der Waals surface area contributed by atoms with E-state index in [0.29, 0.717) is 31.2 Å². The second-order valence-corrected chi connectivity index (χ2v) is 4.19. The van der Waals surface area contributed by atoms with Gasteiger partial charge in [-0.3, -0.25) is 0 Å². The molecule has 1 aromatic heterocycles. The Morgan fingerprint density at radius 1 is 1.56 bits per heavy atom. The van der Waals surface area contributed by atoms with Crippen LogP contribution in [0, 0.1) is 0 Å². The molecule has 0 spiro atoms. The van der Waals surface area contributed by atoms with Gasteiger partial charge < -0.3 is 20.5 Å². The molecule has 0 atom stereocenters. The van der Waals surface area contributed by atoms with Crippen molar-refractivity contribution in [3.8, 4) is 0 Å². The van der Waals surface area contributed by atoms with Crippen LogP contribution in [0.25, 0.3) is 0 Å². The van der Waals surface area contributed by atoms with Gasteiger partial charge >= 0.3 is 0 Å². The molecule has 0 radical (unpaired) electrons. The van der Waals surface area contributed by atoms with Gasteiger partial charge in [0.05, 0.1) is 18.9 Å². The molecule has 0 amide bonds. The number of ether oxygens (including phenoxy) is 1. The number of anilines is 2. The second kappa shape index (κ2) is 6.67. The van der Waals surface area contributed by atoms with Crippen molar-refractivity contribution in [3.05, 3.63) is 16.7 Å². The first-order valence-electron chi connectivity index (χ1n) is 4.94. The number of hydrogen-bond donors (Lipinski definition) is 2. The largest absolute Gasteiger partial charge is 0.396 e. The summed E-state index contributed by atoms with van der Waals surface area (Å²) in [6, 6.07) is 1.79. The summed E-state index contributed by atoms with van der Waals surface area (Å²) in [4.78, 5) is 6.13. The number of pyridine rings is 1. The van der Waals surface area contributed by atoms with Gasteiger partial charge in [0, 0.05) is 30.9 Å². The molecule has 16 heavy (non-hydrogen) atoms. The molecule has 90 valence electrons. The van der Waals surface area contributed by atoms with E-state index in [1.165, 1.54) is 0 Å². The van der Waals surface area contributed by atoms with Crippen LogP contribution >= 0.6 is 15.9 Å². The fraction of sp³-hybridized carbons (Fsp3) is 0.500. The molecule has 0 bridgehead atoms. The van der Waals surface area contributed by atoms with Gasteiger partial charge in [-0.1, -0.05) is 0 Å². The number of halogens is 1. The van der Waals surface area contributed by atoms with Crippen LogP contribution in [0.3, 0.4) is 0 Å². The van der Waals surface area contributed by atoms with Crippen molar-refractivity contribution in [3.63, 3.8) is 0 Å². The van der Waals surface area contributed by atoms with Crippen molar-refractivity contribution in [1.29, 1.82) is 0 Å². The molecule has 1 rings (SSSR count). The molecule has 5 nitrogen and oxygen atoms in total. The normalized spacial score (nSPS) is 10.4. The number of hydrogen-bond acceptors (Lipinski definition) is 5. The lowest BCUT2D eigenvalue weighted by molar-refractivity contribution is 0.202. The Balaban J connectivity index is 2.82.